The first kappa shape index (κ1) is 13.3. The molecule has 2 rings (SSSR count). The lowest BCUT2D eigenvalue weighted by Crippen LogP contribution is -2.24. The molecular weight excluding hydrogens is 244 g/mol. The third-order valence-electron chi connectivity index (χ3n) is 2.93. The summed E-state index contributed by atoms with van der Waals surface area (Å²) in [5.74, 6) is 0. The van der Waals surface area contributed by atoms with Crippen LogP contribution in [0.2, 0.25) is 0 Å². The fourth-order valence-corrected chi connectivity index (χ4v) is 2.55. The van der Waals surface area contributed by atoms with Gasteiger partial charge in [0.2, 0.25) is 0 Å². The monoisotopic (exact) mass is 262 g/mol. The number of hydrogen-bond donors (Lipinski definition) is 0. The molecule has 2 nitrogen and oxygen atoms in total. The molecular formula is C15H19ClN2. The number of para-hydroxylation sites is 1. The van der Waals surface area contributed by atoms with Crippen LogP contribution in [0, 0.1) is 6.92 Å². The van der Waals surface area contributed by atoms with Crippen LogP contribution in [0.3, 0.4) is 0 Å². The molecule has 0 aliphatic carbocycles. The molecule has 96 valence electrons. The van der Waals surface area contributed by atoms with Gasteiger partial charge < -0.3 is 4.90 Å². The van der Waals surface area contributed by atoms with Crippen molar-refractivity contribution in [3.05, 3.63) is 41.6 Å². The molecule has 3 heteroatoms. The standard InChI is InChI=1S/C15H19ClN2/c1-11(16)9-18(3)10-13-8-12(2)17-15-7-5-4-6-14(13)15/h4-8,11H,9-10H2,1-3H3. The number of alkyl halides is 1. The Morgan fingerprint density at radius 1 is 1.33 bits per heavy atom. The van der Waals surface area contributed by atoms with Crippen LogP contribution in [-0.2, 0) is 6.54 Å². The summed E-state index contributed by atoms with van der Waals surface area (Å²) in [7, 11) is 2.10. The first-order chi connectivity index (χ1) is 8.56. The van der Waals surface area contributed by atoms with E-state index in [9.17, 15) is 0 Å². The maximum atomic E-state index is 6.03. The van der Waals surface area contributed by atoms with E-state index in [0.717, 1.165) is 24.3 Å². The Hall–Kier alpha value is -1.12. The lowest BCUT2D eigenvalue weighted by molar-refractivity contribution is 0.331. The Morgan fingerprint density at radius 2 is 2.06 bits per heavy atom. The number of pyridine rings is 1. The Morgan fingerprint density at radius 3 is 2.78 bits per heavy atom. The van der Waals surface area contributed by atoms with E-state index in [1.807, 2.05) is 19.9 Å². The van der Waals surface area contributed by atoms with Gasteiger partial charge >= 0.3 is 0 Å². The second kappa shape index (κ2) is 5.68. The van der Waals surface area contributed by atoms with E-state index in [0.29, 0.717) is 0 Å². The lowest BCUT2D eigenvalue weighted by Gasteiger charge is -2.19. The van der Waals surface area contributed by atoms with Gasteiger partial charge in [-0.05, 0) is 38.6 Å². The Bertz CT molecular complexity index is 537. The highest BCUT2D eigenvalue weighted by molar-refractivity contribution is 6.20. The summed E-state index contributed by atoms with van der Waals surface area (Å²) in [4.78, 5) is 6.81. The molecule has 1 unspecified atom stereocenters. The summed E-state index contributed by atoms with van der Waals surface area (Å²) >= 11 is 6.03. The number of hydrogen-bond acceptors (Lipinski definition) is 2. The van der Waals surface area contributed by atoms with Crippen molar-refractivity contribution in [1.29, 1.82) is 0 Å². The van der Waals surface area contributed by atoms with Gasteiger partial charge in [-0.1, -0.05) is 18.2 Å². The van der Waals surface area contributed by atoms with Gasteiger partial charge in [0, 0.05) is 29.5 Å². The highest BCUT2D eigenvalue weighted by Crippen LogP contribution is 2.19. The van der Waals surface area contributed by atoms with Gasteiger partial charge in [0.1, 0.15) is 0 Å². The van der Waals surface area contributed by atoms with E-state index in [1.54, 1.807) is 0 Å². The van der Waals surface area contributed by atoms with E-state index >= 15 is 0 Å². The number of benzene rings is 1. The van der Waals surface area contributed by atoms with Crippen molar-refractivity contribution in [2.45, 2.75) is 25.8 Å². The van der Waals surface area contributed by atoms with Crippen molar-refractivity contribution in [2.75, 3.05) is 13.6 Å². The molecule has 0 N–H and O–H groups in total. The Labute approximate surface area is 114 Å². The first-order valence-corrected chi connectivity index (χ1v) is 6.68. The van der Waals surface area contributed by atoms with E-state index in [4.69, 9.17) is 11.6 Å². The van der Waals surface area contributed by atoms with Crippen LogP contribution >= 0.6 is 11.6 Å². The zero-order valence-electron chi connectivity index (χ0n) is 11.2. The molecule has 0 spiro atoms. The molecule has 1 aromatic heterocycles. The van der Waals surface area contributed by atoms with Crippen molar-refractivity contribution in [2.24, 2.45) is 0 Å². The van der Waals surface area contributed by atoms with Gasteiger partial charge in [-0.15, -0.1) is 11.6 Å². The molecule has 0 saturated carbocycles. The second-order valence-electron chi connectivity index (χ2n) is 4.92. The summed E-state index contributed by atoms with van der Waals surface area (Å²) in [6, 6.07) is 10.5. The van der Waals surface area contributed by atoms with E-state index < -0.39 is 0 Å². The van der Waals surface area contributed by atoms with Crippen LogP contribution in [0.5, 0.6) is 0 Å². The number of halogens is 1. The quantitative estimate of drug-likeness (QED) is 0.783. The fraction of sp³-hybridized carbons (Fsp3) is 0.400. The highest BCUT2D eigenvalue weighted by atomic mass is 35.5. The van der Waals surface area contributed by atoms with Crippen molar-refractivity contribution >= 4 is 22.5 Å². The number of nitrogens with zero attached hydrogens (tertiary/aromatic N) is 2. The Balaban J connectivity index is 2.32. The molecule has 1 heterocycles. The average Bonchev–Trinajstić information content (AvgIpc) is 2.27. The molecule has 0 radical (unpaired) electrons. The third-order valence-corrected chi connectivity index (χ3v) is 3.07. The van der Waals surface area contributed by atoms with E-state index in [2.05, 4.69) is 41.2 Å². The Kier molecular flexibility index (Phi) is 4.20. The minimum atomic E-state index is 0.171. The van der Waals surface area contributed by atoms with Crippen molar-refractivity contribution in [3.63, 3.8) is 0 Å². The van der Waals surface area contributed by atoms with Crippen molar-refractivity contribution in [1.82, 2.24) is 9.88 Å². The molecule has 0 fully saturated rings. The maximum Gasteiger partial charge on any atom is 0.0708 e. The molecule has 0 aliphatic heterocycles. The van der Waals surface area contributed by atoms with Gasteiger partial charge in [0.25, 0.3) is 0 Å². The fourth-order valence-electron chi connectivity index (χ4n) is 2.31. The summed E-state index contributed by atoms with van der Waals surface area (Å²) in [6.07, 6.45) is 0. The summed E-state index contributed by atoms with van der Waals surface area (Å²) in [6.45, 7) is 5.85. The largest absolute Gasteiger partial charge is 0.301 e. The number of rotatable bonds is 4. The number of fused-ring (bicyclic) bond motifs is 1. The van der Waals surface area contributed by atoms with Crippen LogP contribution in [0.25, 0.3) is 10.9 Å². The molecule has 0 bridgehead atoms. The van der Waals surface area contributed by atoms with Crippen molar-refractivity contribution < 1.29 is 0 Å². The minimum absolute atomic E-state index is 0.171. The zero-order chi connectivity index (χ0) is 13.1. The summed E-state index contributed by atoms with van der Waals surface area (Å²) in [5.41, 5.74) is 3.45. The van der Waals surface area contributed by atoms with Gasteiger partial charge in [0.05, 0.1) is 5.52 Å². The first-order valence-electron chi connectivity index (χ1n) is 6.24. The van der Waals surface area contributed by atoms with Crippen LogP contribution in [0.1, 0.15) is 18.2 Å². The maximum absolute atomic E-state index is 6.03. The minimum Gasteiger partial charge on any atom is -0.301 e. The van der Waals surface area contributed by atoms with Crippen molar-refractivity contribution in [3.8, 4) is 0 Å². The summed E-state index contributed by atoms with van der Waals surface area (Å²) < 4.78 is 0. The number of aryl methyl sites for hydroxylation is 1. The van der Waals surface area contributed by atoms with E-state index in [-0.39, 0.29) is 5.38 Å². The third kappa shape index (κ3) is 3.21. The van der Waals surface area contributed by atoms with Crippen LogP contribution in [0.15, 0.2) is 30.3 Å². The smallest absolute Gasteiger partial charge is 0.0708 e. The lowest BCUT2D eigenvalue weighted by atomic mass is 10.1. The second-order valence-corrected chi connectivity index (χ2v) is 5.66. The average molecular weight is 263 g/mol. The predicted molar refractivity (Wildman–Crippen MR) is 78.1 cm³/mol. The molecule has 18 heavy (non-hydrogen) atoms. The van der Waals surface area contributed by atoms with Crippen LogP contribution in [0.4, 0.5) is 0 Å². The molecule has 0 amide bonds. The molecule has 1 aromatic carbocycles. The molecule has 2 aromatic rings. The SMILES string of the molecule is Cc1cc(CN(C)CC(C)Cl)c2ccccc2n1. The molecule has 1 atom stereocenters. The normalized spacial score (nSPS) is 13.2. The highest BCUT2D eigenvalue weighted by Gasteiger charge is 2.08. The van der Waals surface area contributed by atoms with Crippen LogP contribution < -0.4 is 0 Å². The van der Waals surface area contributed by atoms with E-state index in [1.165, 1.54) is 10.9 Å². The van der Waals surface area contributed by atoms with Gasteiger partial charge in [-0.25, -0.2) is 0 Å². The number of aromatic nitrogens is 1. The molecule has 0 aliphatic rings. The zero-order valence-corrected chi connectivity index (χ0v) is 11.9. The predicted octanol–water partition coefficient (Wildman–Crippen LogP) is 3.60. The van der Waals surface area contributed by atoms with Crippen LogP contribution in [-0.4, -0.2) is 28.9 Å². The van der Waals surface area contributed by atoms with Gasteiger partial charge in [-0.3, -0.25) is 4.98 Å². The topological polar surface area (TPSA) is 16.1 Å². The molecule has 0 saturated heterocycles. The van der Waals surface area contributed by atoms with Gasteiger partial charge in [-0.2, -0.15) is 0 Å². The van der Waals surface area contributed by atoms with Gasteiger partial charge in [0.15, 0.2) is 0 Å². The summed E-state index contributed by atoms with van der Waals surface area (Å²) in [5, 5.41) is 1.40.